The van der Waals surface area contributed by atoms with Crippen molar-refractivity contribution in [3.05, 3.63) is 29.3 Å². The summed E-state index contributed by atoms with van der Waals surface area (Å²) in [5.41, 5.74) is 0.775. The minimum absolute atomic E-state index is 0.00732. The van der Waals surface area contributed by atoms with Gasteiger partial charge in [-0.15, -0.1) is 0 Å². The Kier molecular flexibility index (Phi) is 5.15. The molecule has 6 nitrogen and oxygen atoms in total. The molecular formula is C16H20ClN3O3. The lowest BCUT2D eigenvalue weighted by molar-refractivity contribution is -0.137. The molecule has 23 heavy (non-hydrogen) atoms. The number of nitrogens with zero attached hydrogens (tertiary/aromatic N) is 2. The van der Waals surface area contributed by atoms with E-state index < -0.39 is 0 Å². The van der Waals surface area contributed by atoms with Gasteiger partial charge in [0, 0.05) is 42.8 Å². The summed E-state index contributed by atoms with van der Waals surface area (Å²) in [6.45, 7) is 3.12. The predicted molar refractivity (Wildman–Crippen MR) is 87.6 cm³/mol. The van der Waals surface area contributed by atoms with Crippen LogP contribution in [0.1, 0.15) is 6.42 Å². The van der Waals surface area contributed by atoms with Crippen LogP contribution in [0.4, 0.5) is 5.69 Å². The molecule has 2 aliphatic heterocycles. The Morgan fingerprint density at radius 2 is 2.26 bits per heavy atom. The summed E-state index contributed by atoms with van der Waals surface area (Å²) < 4.78 is 5.36. The zero-order valence-electron chi connectivity index (χ0n) is 12.8. The monoisotopic (exact) mass is 337 g/mol. The number of carbonyl (C=O) groups excluding carboxylic acids is 2. The van der Waals surface area contributed by atoms with Crippen LogP contribution < -0.4 is 10.2 Å². The average molecular weight is 338 g/mol. The third-order valence-corrected chi connectivity index (χ3v) is 4.35. The van der Waals surface area contributed by atoms with E-state index in [0.29, 0.717) is 37.7 Å². The number of nitrogens with one attached hydrogen (secondary N) is 1. The molecule has 1 aromatic carbocycles. The number of amides is 2. The van der Waals surface area contributed by atoms with Gasteiger partial charge in [-0.05, 0) is 18.2 Å². The second kappa shape index (κ2) is 7.29. The second-order valence-corrected chi connectivity index (χ2v) is 6.21. The largest absolute Gasteiger partial charge is 0.378 e. The summed E-state index contributed by atoms with van der Waals surface area (Å²) in [7, 11) is 0. The molecule has 0 aromatic heterocycles. The maximum atomic E-state index is 12.4. The van der Waals surface area contributed by atoms with Crippen molar-refractivity contribution in [1.82, 2.24) is 10.2 Å². The first-order chi connectivity index (χ1) is 11.1. The molecule has 2 heterocycles. The highest BCUT2D eigenvalue weighted by molar-refractivity contribution is 6.30. The van der Waals surface area contributed by atoms with Crippen LogP contribution in [0.3, 0.4) is 0 Å². The number of ether oxygens (including phenoxy) is 1. The molecule has 124 valence electrons. The predicted octanol–water partition coefficient (Wildman–Crippen LogP) is 0.894. The quantitative estimate of drug-likeness (QED) is 0.890. The van der Waals surface area contributed by atoms with E-state index in [1.165, 1.54) is 0 Å². The Morgan fingerprint density at radius 1 is 1.39 bits per heavy atom. The van der Waals surface area contributed by atoms with Crippen molar-refractivity contribution in [2.24, 2.45) is 0 Å². The number of rotatable bonds is 3. The average Bonchev–Trinajstić information content (AvgIpc) is 2.55. The zero-order chi connectivity index (χ0) is 16.2. The van der Waals surface area contributed by atoms with Crippen LogP contribution in [-0.2, 0) is 14.3 Å². The Hall–Kier alpha value is -1.63. The van der Waals surface area contributed by atoms with E-state index >= 15 is 0 Å². The summed E-state index contributed by atoms with van der Waals surface area (Å²) in [5.74, 6) is -0.0909. The number of hydrogen-bond acceptors (Lipinski definition) is 4. The van der Waals surface area contributed by atoms with E-state index in [0.717, 1.165) is 12.2 Å². The molecule has 0 saturated carbocycles. The second-order valence-electron chi connectivity index (χ2n) is 5.77. The first kappa shape index (κ1) is 16.2. The SMILES string of the molecule is O=C(C[C@H]1COCCN1)N1CCN(c2cccc(Cl)c2)C(=O)C1. The van der Waals surface area contributed by atoms with Crippen LogP contribution >= 0.6 is 11.6 Å². The minimum Gasteiger partial charge on any atom is -0.378 e. The molecule has 1 N–H and O–H groups in total. The highest BCUT2D eigenvalue weighted by atomic mass is 35.5. The van der Waals surface area contributed by atoms with E-state index in [2.05, 4.69) is 5.32 Å². The van der Waals surface area contributed by atoms with Gasteiger partial charge in [-0.2, -0.15) is 0 Å². The lowest BCUT2D eigenvalue weighted by Crippen LogP contribution is -2.54. The van der Waals surface area contributed by atoms with Crippen LogP contribution in [-0.4, -0.2) is 62.1 Å². The van der Waals surface area contributed by atoms with Gasteiger partial charge in [0.15, 0.2) is 0 Å². The Labute approximate surface area is 140 Å². The highest BCUT2D eigenvalue weighted by Crippen LogP contribution is 2.21. The molecule has 1 aromatic rings. The highest BCUT2D eigenvalue weighted by Gasteiger charge is 2.29. The maximum Gasteiger partial charge on any atom is 0.246 e. The van der Waals surface area contributed by atoms with Gasteiger partial charge < -0.3 is 19.9 Å². The normalized spacial score (nSPS) is 22.3. The fourth-order valence-electron chi connectivity index (χ4n) is 2.89. The van der Waals surface area contributed by atoms with E-state index in [9.17, 15) is 9.59 Å². The van der Waals surface area contributed by atoms with Crippen molar-refractivity contribution < 1.29 is 14.3 Å². The van der Waals surface area contributed by atoms with Crippen LogP contribution in [0.5, 0.6) is 0 Å². The standard InChI is InChI=1S/C16H20ClN3O3/c17-12-2-1-3-14(8-12)20-6-5-19(10-16(20)22)15(21)9-13-11-23-7-4-18-13/h1-3,8,13,18H,4-7,9-11H2/t13-/m0/s1. The molecule has 0 aliphatic carbocycles. The van der Waals surface area contributed by atoms with Crippen molar-refractivity contribution >= 4 is 29.1 Å². The van der Waals surface area contributed by atoms with Gasteiger partial charge in [-0.1, -0.05) is 17.7 Å². The number of benzene rings is 1. The lowest BCUT2D eigenvalue weighted by atomic mass is 10.1. The number of piperazine rings is 1. The van der Waals surface area contributed by atoms with Crippen LogP contribution in [0, 0.1) is 0 Å². The molecule has 1 atom stereocenters. The lowest BCUT2D eigenvalue weighted by Gasteiger charge is -2.35. The Morgan fingerprint density at radius 3 is 2.96 bits per heavy atom. The minimum atomic E-state index is -0.0836. The summed E-state index contributed by atoms with van der Waals surface area (Å²) in [6, 6.07) is 7.24. The fraction of sp³-hybridized carbons (Fsp3) is 0.500. The first-order valence-corrected chi connectivity index (χ1v) is 8.16. The molecule has 7 heteroatoms. The van der Waals surface area contributed by atoms with E-state index in [-0.39, 0.29) is 24.4 Å². The molecule has 0 radical (unpaired) electrons. The van der Waals surface area contributed by atoms with Crippen molar-refractivity contribution in [1.29, 1.82) is 0 Å². The molecule has 3 rings (SSSR count). The molecule has 2 fully saturated rings. The number of morpholine rings is 1. The van der Waals surface area contributed by atoms with Crippen molar-refractivity contribution in [3.8, 4) is 0 Å². The van der Waals surface area contributed by atoms with Crippen LogP contribution in [0.15, 0.2) is 24.3 Å². The third kappa shape index (κ3) is 4.02. The Bertz CT molecular complexity index is 590. The number of halogens is 1. The number of hydrogen-bond donors (Lipinski definition) is 1. The van der Waals surface area contributed by atoms with Crippen LogP contribution in [0.25, 0.3) is 0 Å². The van der Waals surface area contributed by atoms with E-state index in [1.54, 1.807) is 21.9 Å². The number of carbonyl (C=O) groups is 2. The smallest absolute Gasteiger partial charge is 0.246 e. The first-order valence-electron chi connectivity index (χ1n) is 7.78. The van der Waals surface area contributed by atoms with Crippen LogP contribution in [0.2, 0.25) is 5.02 Å². The summed E-state index contributed by atoms with van der Waals surface area (Å²) in [4.78, 5) is 28.0. The van der Waals surface area contributed by atoms with E-state index in [1.807, 2.05) is 12.1 Å². The molecule has 0 bridgehead atoms. The maximum absolute atomic E-state index is 12.4. The summed E-state index contributed by atoms with van der Waals surface area (Å²) >= 11 is 5.98. The molecule has 0 spiro atoms. The van der Waals surface area contributed by atoms with Gasteiger partial charge in [-0.3, -0.25) is 9.59 Å². The summed E-state index contributed by atoms with van der Waals surface area (Å²) in [6.07, 6.45) is 0.366. The fourth-order valence-corrected chi connectivity index (χ4v) is 3.08. The number of anilines is 1. The zero-order valence-corrected chi connectivity index (χ0v) is 13.6. The summed E-state index contributed by atoms with van der Waals surface area (Å²) in [5, 5.41) is 3.85. The van der Waals surface area contributed by atoms with Crippen molar-refractivity contribution in [2.45, 2.75) is 12.5 Å². The van der Waals surface area contributed by atoms with Gasteiger partial charge in [0.25, 0.3) is 0 Å². The van der Waals surface area contributed by atoms with Crippen molar-refractivity contribution in [2.75, 3.05) is 44.3 Å². The van der Waals surface area contributed by atoms with Gasteiger partial charge >= 0.3 is 0 Å². The van der Waals surface area contributed by atoms with E-state index in [4.69, 9.17) is 16.3 Å². The molecule has 2 saturated heterocycles. The molecule has 2 aliphatic rings. The van der Waals surface area contributed by atoms with Gasteiger partial charge in [0.1, 0.15) is 6.54 Å². The topological polar surface area (TPSA) is 61.9 Å². The molecular weight excluding hydrogens is 318 g/mol. The van der Waals surface area contributed by atoms with Crippen molar-refractivity contribution in [3.63, 3.8) is 0 Å². The third-order valence-electron chi connectivity index (χ3n) is 4.11. The molecule has 2 amide bonds. The van der Waals surface area contributed by atoms with Gasteiger partial charge in [0.2, 0.25) is 11.8 Å². The Balaban J connectivity index is 1.57. The van der Waals surface area contributed by atoms with Gasteiger partial charge in [0.05, 0.1) is 13.2 Å². The molecule has 0 unspecified atom stereocenters. The van der Waals surface area contributed by atoms with Gasteiger partial charge in [-0.25, -0.2) is 0 Å².